The number of thioether (sulfide) groups is 1. The molecular weight excluding hydrogens is 386 g/mol. The van der Waals surface area contributed by atoms with E-state index in [1.165, 1.54) is 6.33 Å². The largest absolute Gasteiger partial charge is 0.441 e. The predicted octanol–water partition coefficient (Wildman–Crippen LogP) is -0.314. The van der Waals surface area contributed by atoms with Crippen LogP contribution in [0.3, 0.4) is 0 Å². The van der Waals surface area contributed by atoms with Crippen LogP contribution in [0, 0.1) is 0 Å². The van der Waals surface area contributed by atoms with E-state index in [4.69, 9.17) is 15.2 Å². The van der Waals surface area contributed by atoms with E-state index in [-0.39, 0.29) is 25.4 Å². The molecule has 11 nitrogen and oxygen atoms in total. The Hall–Kier alpha value is -2.15. The Kier molecular flexibility index (Phi) is 6.54. The van der Waals surface area contributed by atoms with Crippen molar-refractivity contribution < 1.29 is 19.4 Å². The van der Waals surface area contributed by atoms with E-state index in [1.54, 1.807) is 22.7 Å². The number of carbonyl (C=O) groups is 1. The number of alkyl carbamates (subject to hydrolysis) is 1. The van der Waals surface area contributed by atoms with Crippen LogP contribution < -0.4 is 11.1 Å². The van der Waals surface area contributed by atoms with Gasteiger partial charge < -0.3 is 25.6 Å². The highest BCUT2D eigenvalue weighted by Crippen LogP contribution is 2.21. The number of likely N-dealkylation sites (N-methyl/N-ethyl adjacent to an activating group) is 1. The Morgan fingerprint density at radius 3 is 3.04 bits per heavy atom. The molecule has 1 saturated heterocycles. The zero-order valence-corrected chi connectivity index (χ0v) is 16.8. The molecule has 0 spiro atoms. The number of anilines is 1. The Bertz CT molecular complexity index is 817. The van der Waals surface area contributed by atoms with E-state index in [0.29, 0.717) is 22.7 Å². The number of aromatic nitrogens is 4. The molecule has 1 fully saturated rings. The first kappa shape index (κ1) is 20.6. The Labute approximate surface area is 166 Å². The van der Waals surface area contributed by atoms with Gasteiger partial charge in [0.2, 0.25) is 0 Å². The summed E-state index contributed by atoms with van der Waals surface area (Å²) in [5.41, 5.74) is 6.91. The molecule has 28 heavy (non-hydrogen) atoms. The Morgan fingerprint density at radius 1 is 1.54 bits per heavy atom. The summed E-state index contributed by atoms with van der Waals surface area (Å²) in [5.74, 6) is 0.938. The molecule has 4 atom stereocenters. The normalized spacial score (nSPS) is 23.2. The van der Waals surface area contributed by atoms with Gasteiger partial charge >= 0.3 is 6.09 Å². The van der Waals surface area contributed by atoms with Crippen molar-refractivity contribution >= 4 is 34.8 Å². The molecule has 3 heterocycles. The van der Waals surface area contributed by atoms with Gasteiger partial charge in [0.05, 0.1) is 25.6 Å². The van der Waals surface area contributed by atoms with Gasteiger partial charge in [0, 0.05) is 5.75 Å². The highest BCUT2D eigenvalue weighted by atomic mass is 32.2. The number of nitrogens with two attached hydrogens (primary N) is 1. The lowest BCUT2D eigenvalue weighted by atomic mass is 10.2. The number of fused-ring (bicyclic) bond motifs is 1. The summed E-state index contributed by atoms with van der Waals surface area (Å²) >= 11 is 1.57. The predicted molar refractivity (Wildman–Crippen MR) is 105 cm³/mol. The molecule has 1 aliphatic heterocycles. The van der Waals surface area contributed by atoms with Gasteiger partial charge in [-0.25, -0.2) is 19.7 Å². The number of imidazole rings is 1. The van der Waals surface area contributed by atoms with Gasteiger partial charge in [-0.3, -0.25) is 9.47 Å². The molecule has 0 aliphatic carbocycles. The van der Waals surface area contributed by atoms with Crippen LogP contribution in [0.4, 0.5) is 10.6 Å². The van der Waals surface area contributed by atoms with E-state index >= 15 is 0 Å². The molecule has 4 N–H and O–H groups in total. The lowest BCUT2D eigenvalue weighted by molar-refractivity contribution is 0.0195. The number of hydrogen-bond acceptors (Lipinski definition) is 10. The molecule has 3 rings (SSSR count). The van der Waals surface area contributed by atoms with E-state index in [2.05, 4.69) is 20.3 Å². The van der Waals surface area contributed by atoms with E-state index in [9.17, 15) is 9.90 Å². The lowest BCUT2D eigenvalue weighted by Gasteiger charge is -2.26. The standard InChI is InChI=1S/C16H25N7O4S/c1-22(2)11(23-8-21-12-14(17)19-7-20-15(12)23)4-18-16(25)27-9-5-26-10(6-28-3)13(9)24/h7-11,13,24H,4-6H2,1-3H3,(H,18,25)(H2,17,19,20)/t9-,10-,11-,13+/m1/s1. The highest BCUT2D eigenvalue weighted by Gasteiger charge is 2.38. The van der Waals surface area contributed by atoms with Crippen LogP contribution in [0.1, 0.15) is 6.17 Å². The number of carbonyl (C=O) groups excluding carboxylic acids is 1. The van der Waals surface area contributed by atoms with Gasteiger partial charge in [-0.15, -0.1) is 0 Å². The van der Waals surface area contributed by atoms with Crippen LogP contribution in [0.25, 0.3) is 11.2 Å². The molecule has 0 aromatic carbocycles. The van der Waals surface area contributed by atoms with Crippen molar-refractivity contribution in [2.45, 2.75) is 24.5 Å². The van der Waals surface area contributed by atoms with Gasteiger partial charge in [0.15, 0.2) is 17.6 Å². The zero-order valence-electron chi connectivity index (χ0n) is 16.0. The number of rotatable bonds is 7. The molecule has 0 radical (unpaired) electrons. The molecule has 2 aromatic rings. The van der Waals surface area contributed by atoms with Gasteiger partial charge in [0.1, 0.15) is 24.1 Å². The van der Waals surface area contributed by atoms with E-state index in [1.807, 2.05) is 25.3 Å². The lowest BCUT2D eigenvalue weighted by Crippen LogP contribution is -2.41. The van der Waals surface area contributed by atoms with Crippen molar-refractivity contribution in [2.24, 2.45) is 0 Å². The van der Waals surface area contributed by atoms with Crippen LogP contribution in [-0.2, 0) is 9.47 Å². The number of aliphatic hydroxyl groups excluding tert-OH is 1. The monoisotopic (exact) mass is 411 g/mol. The van der Waals surface area contributed by atoms with Crippen LogP contribution in [0.15, 0.2) is 12.7 Å². The summed E-state index contributed by atoms with van der Waals surface area (Å²) in [7, 11) is 3.74. The summed E-state index contributed by atoms with van der Waals surface area (Å²) < 4.78 is 12.6. The Balaban J connectivity index is 1.62. The minimum Gasteiger partial charge on any atom is -0.441 e. The maximum Gasteiger partial charge on any atom is 0.407 e. The summed E-state index contributed by atoms with van der Waals surface area (Å²) in [6.45, 7) is 0.415. The smallest absolute Gasteiger partial charge is 0.407 e. The van der Waals surface area contributed by atoms with Crippen molar-refractivity contribution in [3.05, 3.63) is 12.7 Å². The van der Waals surface area contributed by atoms with Crippen molar-refractivity contribution in [1.29, 1.82) is 0 Å². The van der Waals surface area contributed by atoms with Gasteiger partial charge in [-0.2, -0.15) is 11.8 Å². The zero-order chi connectivity index (χ0) is 20.3. The fourth-order valence-corrected chi connectivity index (χ4v) is 3.66. The third-order valence-electron chi connectivity index (χ3n) is 4.56. The van der Waals surface area contributed by atoms with Crippen LogP contribution in [-0.4, -0.2) is 93.2 Å². The second-order valence-corrected chi connectivity index (χ2v) is 7.58. The average molecular weight is 411 g/mol. The minimum absolute atomic E-state index is 0.180. The number of nitrogen functional groups attached to an aromatic ring is 1. The van der Waals surface area contributed by atoms with Gasteiger partial charge in [-0.05, 0) is 20.4 Å². The molecule has 154 valence electrons. The first-order valence-corrected chi connectivity index (χ1v) is 10.1. The summed E-state index contributed by atoms with van der Waals surface area (Å²) in [6, 6.07) is 0. The molecule has 0 bridgehead atoms. The quantitative estimate of drug-likeness (QED) is 0.555. The number of hydrogen-bond donors (Lipinski definition) is 3. The number of nitrogens with zero attached hydrogens (tertiary/aromatic N) is 5. The van der Waals surface area contributed by atoms with Crippen LogP contribution >= 0.6 is 11.8 Å². The molecule has 0 unspecified atom stereocenters. The third-order valence-corrected chi connectivity index (χ3v) is 5.22. The molecule has 0 saturated carbocycles. The van der Waals surface area contributed by atoms with E-state index < -0.39 is 18.3 Å². The van der Waals surface area contributed by atoms with Crippen LogP contribution in [0.2, 0.25) is 0 Å². The number of ether oxygens (including phenoxy) is 2. The number of nitrogens with one attached hydrogen (secondary N) is 1. The van der Waals surface area contributed by atoms with Crippen molar-refractivity contribution in [3.8, 4) is 0 Å². The molecule has 12 heteroatoms. The van der Waals surface area contributed by atoms with Gasteiger partial charge in [0.25, 0.3) is 0 Å². The summed E-state index contributed by atoms with van der Waals surface area (Å²) in [6.07, 6.45) is 2.16. The fraction of sp³-hybridized carbons (Fsp3) is 0.625. The maximum absolute atomic E-state index is 12.2. The molecule has 1 amide bonds. The Morgan fingerprint density at radius 2 is 2.32 bits per heavy atom. The summed E-state index contributed by atoms with van der Waals surface area (Å²) in [5, 5.41) is 12.9. The van der Waals surface area contributed by atoms with Crippen LogP contribution in [0.5, 0.6) is 0 Å². The van der Waals surface area contributed by atoms with Crippen molar-refractivity contribution in [2.75, 3.05) is 45.0 Å². The van der Waals surface area contributed by atoms with E-state index in [0.717, 1.165) is 0 Å². The molecular formula is C16H25N7O4S. The van der Waals surface area contributed by atoms with Gasteiger partial charge in [-0.1, -0.05) is 0 Å². The number of aliphatic hydroxyl groups is 1. The first-order valence-electron chi connectivity index (χ1n) is 8.75. The number of amides is 1. The van der Waals surface area contributed by atoms with Crippen molar-refractivity contribution in [1.82, 2.24) is 29.7 Å². The third kappa shape index (κ3) is 4.29. The average Bonchev–Trinajstić information content (AvgIpc) is 3.22. The second-order valence-electron chi connectivity index (χ2n) is 6.67. The minimum atomic E-state index is -0.833. The highest BCUT2D eigenvalue weighted by molar-refractivity contribution is 7.98. The van der Waals surface area contributed by atoms with Crippen molar-refractivity contribution in [3.63, 3.8) is 0 Å². The maximum atomic E-state index is 12.2. The fourth-order valence-electron chi connectivity index (χ4n) is 3.04. The second kappa shape index (κ2) is 8.90. The SMILES string of the molecule is CSC[C@H]1OC[C@@H](OC(=O)NC[C@H](N(C)C)n2cnc3c(N)ncnc32)[C@@H]1O. The topological polar surface area (TPSA) is 141 Å². The summed E-state index contributed by atoms with van der Waals surface area (Å²) in [4.78, 5) is 26.6. The first-order chi connectivity index (χ1) is 13.4. The molecule has 1 aliphatic rings. The molecule has 2 aromatic heterocycles.